The van der Waals surface area contributed by atoms with Crippen LogP contribution in [0.3, 0.4) is 0 Å². The van der Waals surface area contributed by atoms with Gasteiger partial charge in [0, 0.05) is 90.4 Å². The summed E-state index contributed by atoms with van der Waals surface area (Å²) in [5.41, 5.74) is 0. The standard InChI is InChI=1S/C64H108N12O40/c77-28-38(65-44(82)13-71(19-50(91)92)7-1-68(16-47(85)86)4-10-74(22-53(97)98)23-54(99)100)61(109)36(39(81)29-78)32-113-34-42-59(66-45(83)14-72(20-51(93)94)8-2-69(17-48(87)88)5-11-75(24-55(101)102)25-56(103)104)62(110)37(40(30-79)115-42)33-114-35-43-60(64(112)63(111)41(31-80)116-43)67-46(84)15-73(21-52(95)96)9-3-70(18-49(89)90)6-12-76(26-57(105)106)27-58(107)108/h36-43,59-64,77-81,109-112H,1-35H2,(H,65,82)(H,66,83)(H,67,84)(H,85,86)(H,87,88)(H,89,90)(H,91,92)(H,93,94)(H,95,96)(H,97,98)(H,99,100)(H,101,102)(H,103,104)(H,105,106)(H,107,108). The summed E-state index contributed by atoms with van der Waals surface area (Å²) in [4.78, 5) is 191. The zero-order chi connectivity index (χ0) is 87.6. The van der Waals surface area contributed by atoms with Crippen LogP contribution in [-0.2, 0) is 90.9 Å². The molecule has 14 atom stereocenters. The molecule has 2 saturated heterocycles. The molecule has 0 aromatic heterocycles. The fraction of sp³-hybridized carbons (Fsp3) is 0.766. The molecule has 2 aliphatic heterocycles. The van der Waals surface area contributed by atoms with Gasteiger partial charge in [0.1, 0.15) is 30.5 Å². The van der Waals surface area contributed by atoms with E-state index in [1.807, 2.05) is 0 Å². The van der Waals surface area contributed by atoms with Crippen molar-refractivity contribution < 1.29 is 198 Å². The Morgan fingerprint density at radius 1 is 0.310 bits per heavy atom. The highest BCUT2D eigenvalue weighted by Crippen LogP contribution is 2.29. The molecule has 664 valence electrons. The predicted molar refractivity (Wildman–Crippen MR) is 380 cm³/mol. The van der Waals surface area contributed by atoms with Crippen molar-refractivity contribution in [2.24, 2.45) is 11.8 Å². The average Bonchev–Trinajstić information content (AvgIpc) is 0.797. The third-order valence-electron chi connectivity index (χ3n) is 18.0. The third kappa shape index (κ3) is 41.8. The van der Waals surface area contributed by atoms with Crippen LogP contribution in [-0.4, -0.2) is 543 Å². The minimum absolute atomic E-state index is 0.261. The first-order valence-electron chi connectivity index (χ1n) is 35.8. The molecule has 52 heteroatoms. The Bertz CT molecular complexity index is 3120. The molecule has 0 radical (unpaired) electrons. The maximum atomic E-state index is 14.3. The molecule has 2 rings (SSSR count). The van der Waals surface area contributed by atoms with Crippen LogP contribution in [0, 0.1) is 11.8 Å². The summed E-state index contributed by atoms with van der Waals surface area (Å²) in [5, 5.41) is 220. The van der Waals surface area contributed by atoms with Gasteiger partial charge in [0.15, 0.2) is 0 Å². The van der Waals surface area contributed by atoms with Crippen molar-refractivity contribution in [3.8, 4) is 0 Å². The summed E-state index contributed by atoms with van der Waals surface area (Å²) in [7, 11) is 0. The number of ether oxygens (including phenoxy) is 4. The van der Waals surface area contributed by atoms with E-state index in [1.54, 1.807) is 0 Å². The van der Waals surface area contributed by atoms with Crippen molar-refractivity contribution in [2.75, 3.05) is 230 Å². The second-order valence-corrected chi connectivity index (χ2v) is 27.3. The zero-order valence-electron chi connectivity index (χ0n) is 63.0. The molecule has 0 spiro atoms. The summed E-state index contributed by atoms with van der Waals surface area (Å²) in [6.45, 7) is -23.5. The predicted octanol–water partition coefficient (Wildman–Crippen LogP) is -15.3. The van der Waals surface area contributed by atoms with Crippen LogP contribution < -0.4 is 16.0 Å². The van der Waals surface area contributed by atoms with E-state index in [0.717, 1.165) is 29.4 Å². The van der Waals surface area contributed by atoms with Gasteiger partial charge in [-0.15, -0.1) is 0 Å². The van der Waals surface area contributed by atoms with E-state index in [2.05, 4.69) is 16.0 Å². The first kappa shape index (κ1) is 103. The summed E-state index contributed by atoms with van der Waals surface area (Å²) >= 11 is 0. The van der Waals surface area contributed by atoms with Crippen LogP contribution >= 0.6 is 0 Å². The second kappa shape index (κ2) is 54.2. The first-order chi connectivity index (χ1) is 54.5. The number of aliphatic carboxylic acids is 12. The van der Waals surface area contributed by atoms with E-state index in [9.17, 15) is 179 Å². The lowest BCUT2D eigenvalue weighted by atomic mass is 9.85. The van der Waals surface area contributed by atoms with Gasteiger partial charge in [-0.2, -0.15) is 0 Å². The van der Waals surface area contributed by atoms with Gasteiger partial charge in [0.25, 0.3) is 0 Å². The molecule has 2 aliphatic rings. The highest BCUT2D eigenvalue weighted by molar-refractivity contribution is 5.81. The number of carboxylic acids is 12. The lowest BCUT2D eigenvalue weighted by Crippen LogP contribution is -2.66. The molecule has 116 heavy (non-hydrogen) atoms. The topological polar surface area (TPSA) is 783 Å². The molecule has 0 saturated carbocycles. The van der Waals surface area contributed by atoms with Crippen molar-refractivity contribution >= 4 is 89.4 Å². The maximum absolute atomic E-state index is 14.3. The van der Waals surface area contributed by atoms with E-state index in [0.29, 0.717) is 0 Å². The summed E-state index contributed by atoms with van der Waals surface area (Å²) in [6, 6.07) is -5.29. The number of nitrogens with zero attached hydrogens (tertiary/aromatic N) is 9. The fourth-order valence-corrected chi connectivity index (χ4v) is 12.5. The Morgan fingerprint density at radius 2 is 0.578 bits per heavy atom. The monoisotopic (exact) mass is 1680 g/mol. The van der Waals surface area contributed by atoms with Gasteiger partial charge in [-0.05, 0) is 0 Å². The van der Waals surface area contributed by atoms with E-state index in [-0.39, 0.29) is 72.0 Å². The van der Waals surface area contributed by atoms with Crippen LogP contribution in [0.15, 0.2) is 0 Å². The van der Waals surface area contributed by atoms with Gasteiger partial charge in [-0.3, -0.25) is 116 Å². The SMILES string of the molecule is O=C(O)CN(CCN(CC(=O)O)CC(=O)O)CCN(CC(=O)O)CC(=O)NC(CO)C(O)C(COCC1OC(CO)C(COCC2OC(CO)C(O)C(O)C2NC(=O)CN(CCN(CCN(CC(=O)O)CC(=O)O)CC(=O)O)CC(=O)O)C(O)C1NC(=O)CN(CCN(CCN(CC(=O)O)CC(=O)O)CC(=O)O)CC(=O)O)C(O)CO. The van der Waals surface area contributed by atoms with Gasteiger partial charge < -0.3 is 142 Å². The Kier molecular flexibility index (Phi) is 48.3. The second-order valence-electron chi connectivity index (χ2n) is 27.3. The number of nitrogens with one attached hydrogen (secondary N) is 3. The zero-order valence-corrected chi connectivity index (χ0v) is 63.0. The molecule has 14 unspecified atom stereocenters. The number of aliphatic hydroxyl groups is 9. The molecule has 0 aromatic rings. The molecule has 0 aliphatic carbocycles. The normalized spacial score (nSPS) is 20.7. The van der Waals surface area contributed by atoms with Crippen molar-refractivity contribution in [1.82, 2.24) is 60.0 Å². The largest absolute Gasteiger partial charge is 0.480 e. The Hall–Kier alpha value is -8.83. The number of carboxylic acid groups (broad SMARTS) is 12. The van der Waals surface area contributed by atoms with Crippen LogP contribution in [0.4, 0.5) is 0 Å². The quantitative estimate of drug-likeness (QED) is 0.0269. The summed E-state index contributed by atoms with van der Waals surface area (Å²) in [6.07, 6.45) is -16.5. The number of carbonyl (C=O) groups is 15. The van der Waals surface area contributed by atoms with Gasteiger partial charge >= 0.3 is 71.6 Å². The van der Waals surface area contributed by atoms with Crippen molar-refractivity contribution in [3.05, 3.63) is 0 Å². The molecular weight excluding hydrogens is 1580 g/mol. The summed E-state index contributed by atoms with van der Waals surface area (Å²) < 4.78 is 23.9. The lowest BCUT2D eigenvalue weighted by molar-refractivity contribution is -0.217. The van der Waals surface area contributed by atoms with Crippen LogP contribution in [0.5, 0.6) is 0 Å². The number of hydrogen-bond acceptors (Lipinski definition) is 37. The molecule has 52 nitrogen and oxygen atoms in total. The Labute approximate surface area is 660 Å². The molecule has 2 fully saturated rings. The molecular formula is C64H108N12O40. The van der Waals surface area contributed by atoms with E-state index in [4.69, 9.17) is 18.9 Å². The van der Waals surface area contributed by atoms with Crippen molar-refractivity contribution in [2.45, 2.75) is 73.1 Å². The molecule has 3 amide bonds. The Morgan fingerprint density at radius 3 is 0.871 bits per heavy atom. The third-order valence-corrected chi connectivity index (χ3v) is 18.0. The molecule has 0 bridgehead atoms. The molecule has 24 N–H and O–H groups in total. The van der Waals surface area contributed by atoms with Gasteiger partial charge in [-0.1, -0.05) is 0 Å². The minimum Gasteiger partial charge on any atom is -0.480 e. The Balaban J connectivity index is 2.61. The average molecular weight is 1690 g/mol. The van der Waals surface area contributed by atoms with Gasteiger partial charge in [0.05, 0.1) is 194 Å². The first-order valence-corrected chi connectivity index (χ1v) is 35.8. The van der Waals surface area contributed by atoms with E-state index in [1.165, 1.54) is 14.7 Å². The highest BCUT2D eigenvalue weighted by Gasteiger charge is 2.49. The van der Waals surface area contributed by atoms with Crippen LogP contribution in [0.1, 0.15) is 0 Å². The number of amides is 3. The van der Waals surface area contributed by atoms with Crippen molar-refractivity contribution in [1.29, 1.82) is 0 Å². The van der Waals surface area contributed by atoms with Crippen LogP contribution in [0.2, 0.25) is 0 Å². The number of carbonyl (C=O) groups excluding carboxylic acids is 3. The number of rotatable bonds is 66. The van der Waals surface area contributed by atoms with Gasteiger partial charge in [-0.25, -0.2) is 0 Å². The fourth-order valence-electron chi connectivity index (χ4n) is 12.5. The van der Waals surface area contributed by atoms with E-state index < -0.39 is 332 Å². The van der Waals surface area contributed by atoms with Gasteiger partial charge in [0.2, 0.25) is 17.7 Å². The lowest BCUT2D eigenvalue weighted by Gasteiger charge is -2.45. The maximum Gasteiger partial charge on any atom is 0.317 e. The molecule has 2 heterocycles. The highest BCUT2D eigenvalue weighted by atomic mass is 16.6. The minimum atomic E-state index is -2.11. The van der Waals surface area contributed by atoms with E-state index >= 15 is 0 Å². The number of aliphatic hydroxyl groups excluding tert-OH is 9. The van der Waals surface area contributed by atoms with Crippen molar-refractivity contribution in [3.63, 3.8) is 0 Å². The smallest absolute Gasteiger partial charge is 0.317 e. The van der Waals surface area contributed by atoms with Crippen LogP contribution in [0.25, 0.3) is 0 Å². The number of hydrogen-bond donors (Lipinski definition) is 24. The summed E-state index contributed by atoms with van der Waals surface area (Å²) in [5.74, 6) is -23.8. The molecule has 0 aromatic carbocycles.